The molecule has 0 bridgehead atoms. The van der Waals surface area contributed by atoms with Gasteiger partial charge in [-0.15, -0.1) is 0 Å². The number of aliphatic hydroxyl groups excluding tert-OH is 2. The summed E-state index contributed by atoms with van der Waals surface area (Å²) in [5.41, 5.74) is 14.5. The van der Waals surface area contributed by atoms with E-state index in [0.717, 1.165) is 36.8 Å². The lowest BCUT2D eigenvalue weighted by Gasteiger charge is -2.26. The second-order valence-electron chi connectivity index (χ2n) is 10.3. The molecule has 0 spiro atoms. The van der Waals surface area contributed by atoms with E-state index < -0.39 is 0 Å². The van der Waals surface area contributed by atoms with Crippen LogP contribution in [0.4, 0.5) is 23.5 Å². The van der Waals surface area contributed by atoms with Crippen molar-refractivity contribution in [3.63, 3.8) is 0 Å². The predicted molar refractivity (Wildman–Crippen MR) is 181 cm³/mol. The molecule has 0 aliphatic heterocycles. The fourth-order valence-electron chi connectivity index (χ4n) is 4.37. The number of hydrogen-bond acceptors (Lipinski definition) is 11. The fourth-order valence-corrected chi connectivity index (χ4v) is 4.50. The summed E-state index contributed by atoms with van der Waals surface area (Å²) in [4.78, 5) is 16.4. The number of rotatable bonds is 8. The second-order valence-corrected chi connectivity index (χ2v) is 10.7. The Morgan fingerprint density at radius 3 is 2.00 bits per heavy atom. The molecule has 0 unspecified atom stereocenters. The summed E-state index contributed by atoms with van der Waals surface area (Å²) < 4.78 is 5.18. The molecular formula is C34H37ClN8O3. The third kappa shape index (κ3) is 11.5. The number of nitrogen functional groups attached to an aromatic ring is 2. The smallest absolute Gasteiger partial charge is 0.222 e. The molecule has 1 saturated carbocycles. The highest BCUT2D eigenvalue weighted by molar-refractivity contribution is 6.30. The first kappa shape index (κ1) is 34.0. The summed E-state index contributed by atoms with van der Waals surface area (Å²) in [6, 6.07) is 17.3. The summed E-state index contributed by atoms with van der Waals surface area (Å²) in [6.45, 7) is 1.31. The Hall–Kier alpha value is -4.91. The van der Waals surface area contributed by atoms with Crippen LogP contribution >= 0.6 is 11.6 Å². The van der Waals surface area contributed by atoms with Gasteiger partial charge in [0.1, 0.15) is 11.6 Å². The number of ether oxygens (including phenoxy) is 1. The van der Waals surface area contributed by atoms with Crippen LogP contribution in [0.1, 0.15) is 47.9 Å². The number of anilines is 4. The van der Waals surface area contributed by atoms with Crippen LogP contribution in [0.2, 0.25) is 5.02 Å². The monoisotopic (exact) mass is 640 g/mol. The zero-order valence-electron chi connectivity index (χ0n) is 25.3. The summed E-state index contributed by atoms with van der Waals surface area (Å²) in [5, 5.41) is 25.4. The largest absolute Gasteiger partial charge is 0.394 e. The van der Waals surface area contributed by atoms with Crippen LogP contribution in [-0.4, -0.2) is 68.7 Å². The molecule has 0 atom stereocenters. The lowest BCUT2D eigenvalue weighted by atomic mass is 9.93. The molecule has 4 aromatic rings. The summed E-state index contributed by atoms with van der Waals surface area (Å²) >= 11 is 5.88. The van der Waals surface area contributed by atoms with Crippen LogP contribution in [0.25, 0.3) is 0 Å². The van der Waals surface area contributed by atoms with Crippen molar-refractivity contribution in [1.29, 1.82) is 0 Å². The van der Waals surface area contributed by atoms with Crippen molar-refractivity contribution in [1.82, 2.24) is 19.9 Å². The molecule has 1 aliphatic rings. The Morgan fingerprint density at radius 1 is 0.783 bits per heavy atom. The standard InChI is InChI=1S/C18H19ClN4O.C16H18N4O2/c19-14-5-2-12(3-6-14)1-4-13-11-21-18(20)23-17(13)22-15-7-9-16(24)10-8-15;17-16-19-12-14(7-6-13-4-2-1-3-5-13)15(20-16)18-8-10-22-11-9-21/h2-3,5-6,11,15-16,24H,7-10H2,(H3,20,21,22,23);1-5,12,21H,8-11H2,(H3,17,18,19,20). The summed E-state index contributed by atoms with van der Waals surface area (Å²) in [5.74, 6) is 13.9. The van der Waals surface area contributed by atoms with Crippen molar-refractivity contribution < 1.29 is 14.9 Å². The molecule has 5 rings (SSSR count). The molecule has 2 heterocycles. The summed E-state index contributed by atoms with van der Waals surface area (Å²) in [6.07, 6.45) is 6.42. The average Bonchev–Trinajstić information content (AvgIpc) is 3.06. The molecule has 46 heavy (non-hydrogen) atoms. The van der Waals surface area contributed by atoms with Gasteiger partial charge in [0.15, 0.2) is 0 Å². The van der Waals surface area contributed by atoms with Crippen LogP contribution in [0.5, 0.6) is 0 Å². The minimum atomic E-state index is -0.192. The van der Waals surface area contributed by atoms with Crippen molar-refractivity contribution >= 4 is 35.1 Å². The zero-order chi connectivity index (χ0) is 32.6. The maximum absolute atomic E-state index is 9.62. The van der Waals surface area contributed by atoms with E-state index in [1.807, 2.05) is 42.5 Å². The Balaban J connectivity index is 0.000000210. The molecule has 2 aromatic heterocycles. The second kappa shape index (κ2) is 18.2. The van der Waals surface area contributed by atoms with Gasteiger partial charge in [0.05, 0.1) is 49.4 Å². The van der Waals surface area contributed by atoms with Gasteiger partial charge in [-0.25, -0.2) is 9.97 Å². The third-order valence-corrected chi connectivity index (χ3v) is 6.98. The zero-order valence-corrected chi connectivity index (χ0v) is 26.0. The van der Waals surface area contributed by atoms with Gasteiger partial charge < -0.3 is 37.1 Å². The molecule has 0 saturated heterocycles. The molecule has 1 fully saturated rings. The highest BCUT2D eigenvalue weighted by atomic mass is 35.5. The number of aromatic nitrogens is 4. The number of nitrogens with one attached hydrogen (secondary N) is 2. The van der Waals surface area contributed by atoms with Crippen LogP contribution in [-0.2, 0) is 4.74 Å². The topological polar surface area (TPSA) is 177 Å². The van der Waals surface area contributed by atoms with E-state index in [-0.39, 0.29) is 30.6 Å². The van der Waals surface area contributed by atoms with E-state index in [0.29, 0.717) is 47.5 Å². The molecule has 1 aliphatic carbocycles. The summed E-state index contributed by atoms with van der Waals surface area (Å²) in [7, 11) is 0. The first-order chi connectivity index (χ1) is 22.4. The molecule has 0 amide bonds. The van der Waals surface area contributed by atoms with Gasteiger partial charge >= 0.3 is 0 Å². The molecular weight excluding hydrogens is 604 g/mol. The Bertz CT molecular complexity index is 1660. The third-order valence-electron chi connectivity index (χ3n) is 6.73. The normalized spacial score (nSPS) is 15.2. The molecule has 238 valence electrons. The van der Waals surface area contributed by atoms with Crippen molar-refractivity contribution in [2.75, 3.05) is 48.5 Å². The van der Waals surface area contributed by atoms with Crippen LogP contribution in [0.15, 0.2) is 67.0 Å². The number of halogens is 1. The lowest BCUT2D eigenvalue weighted by Crippen LogP contribution is -2.29. The maximum Gasteiger partial charge on any atom is 0.222 e. The molecule has 12 heteroatoms. The Labute approximate surface area is 273 Å². The van der Waals surface area contributed by atoms with Crippen molar-refractivity contribution in [3.8, 4) is 23.7 Å². The predicted octanol–water partition coefficient (Wildman–Crippen LogP) is 3.71. The minimum Gasteiger partial charge on any atom is -0.394 e. The maximum atomic E-state index is 9.62. The highest BCUT2D eigenvalue weighted by Gasteiger charge is 2.20. The average molecular weight is 641 g/mol. The molecule has 2 aromatic carbocycles. The van der Waals surface area contributed by atoms with E-state index in [9.17, 15) is 5.11 Å². The molecule has 8 N–H and O–H groups in total. The van der Waals surface area contributed by atoms with Gasteiger partial charge in [-0.05, 0) is 62.1 Å². The fraction of sp³-hybridized carbons (Fsp3) is 0.294. The van der Waals surface area contributed by atoms with Gasteiger partial charge in [-0.3, -0.25) is 0 Å². The number of hydrogen-bond donors (Lipinski definition) is 6. The number of benzene rings is 2. The highest BCUT2D eigenvalue weighted by Crippen LogP contribution is 2.23. The van der Waals surface area contributed by atoms with Crippen LogP contribution < -0.4 is 22.1 Å². The van der Waals surface area contributed by atoms with E-state index in [2.05, 4.69) is 54.3 Å². The van der Waals surface area contributed by atoms with Crippen molar-refractivity contribution in [2.24, 2.45) is 0 Å². The van der Waals surface area contributed by atoms with Gasteiger partial charge in [0.25, 0.3) is 0 Å². The van der Waals surface area contributed by atoms with E-state index in [1.54, 1.807) is 24.5 Å². The van der Waals surface area contributed by atoms with Gasteiger partial charge in [0, 0.05) is 28.7 Å². The number of nitrogens with zero attached hydrogens (tertiary/aromatic N) is 4. The quantitative estimate of drug-likeness (QED) is 0.122. The van der Waals surface area contributed by atoms with E-state index in [4.69, 9.17) is 32.9 Å². The molecule has 11 nitrogen and oxygen atoms in total. The first-order valence-electron chi connectivity index (χ1n) is 14.9. The minimum absolute atomic E-state index is 0.00819. The lowest BCUT2D eigenvalue weighted by molar-refractivity contribution is 0.0992. The van der Waals surface area contributed by atoms with Crippen molar-refractivity contribution in [3.05, 3.63) is 94.3 Å². The molecule has 0 radical (unpaired) electrons. The number of nitrogens with two attached hydrogens (primary N) is 2. The van der Waals surface area contributed by atoms with Crippen LogP contribution in [0, 0.1) is 23.7 Å². The first-order valence-corrected chi connectivity index (χ1v) is 15.2. The number of aliphatic hydroxyl groups is 2. The van der Waals surface area contributed by atoms with Crippen molar-refractivity contribution in [2.45, 2.75) is 37.8 Å². The Kier molecular flexibility index (Phi) is 13.4. The van der Waals surface area contributed by atoms with Gasteiger partial charge in [-0.1, -0.05) is 53.5 Å². The van der Waals surface area contributed by atoms with Crippen LogP contribution in [0.3, 0.4) is 0 Å². The Morgan fingerprint density at radius 2 is 1.37 bits per heavy atom. The van der Waals surface area contributed by atoms with Gasteiger partial charge in [0.2, 0.25) is 11.9 Å². The van der Waals surface area contributed by atoms with E-state index in [1.165, 1.54) is 0 Å². The SMILES string of the molecule is Nc1ncc(C#Cc2ccc(Cl)cc2)c(NC2CCC(O)CC2)n1.Nc1ncc(C#Cc2ccccc2)c(NCCOCCO)n1. The van der Waals surface area contributed by atoms with Gasteiger partial charge in [-0.2, -0.15) is 9.97 Å². The van der Waals surface area contributed by atoms with E-state index >= 15 is 0 Å².